The van der Waals surface area contributed by atoms with Gasteiger partial charge in [0, 0.05) is 18.6 Å². The number of hydrogen-bond donors (Lipinski definition) is 1. The summed E-state index contributed by atoms with van der Waals surface area (Å²) in [5.74, 6) is -1.96. The van der Waals surface area contributed by atoms with Crippen LogP contribution in [0.2, 0.25) is 0 Å². The molecule has 6 nitrogen and oxygen atoms in total. The van der Waals surface area contributed by atoms with Crippen molar-refractivity contribution >= 4 is 16.9 Å². The minimum Gasteiger partial charge on any atom is -0.506 e. The summed E-state index contributed by atoms with van der Waals surface area (Å²) >= 11 is 0. The molecule has 2 rings (SSSR count). The summed E-state index contributed by atoms with van der Waals surface area (Å²) in [5.41, 5.74) is -3.74. The number of alkyl halides is 3. The lowest BCUT2D eigenvalue weighted by atomic mass is 10.1. The van der Waals surface area contributed by atoms with Gasteiger partial charge in [0.05, 0.1) is 12.1 Å². The maximum absolute atomic E-state index is 13.0. The van der Waals surface area contributed by atoms with Crippen molar-refractivity contribution in [1.82, 2.24) is 9.55 Å². The van der Waals surface area contributed by atoms with Crippen LogP contribution in [0.1, 0.15) is 23.0 Å². The molecule has 0 aliphatic rings. The number of pyridine rings is 2. The predicted molar refractivity (Wildman–Crippen MR) is 69.6 cm³/mol. The highest BCUT2D eigenvalue weighted by molar-refractivity contribution is 6.00. The second kappa shape index (κ2) is 5.32. The van der Waals surface area contributed by atoms with Crippen LogP contribution < -0.4 is 5.56 Å². The molecule has 2 aromatic rings. The molecule has 22 heavy (non-hydrogen) atoms. The van der Waals surface area contributed by atoms with Gasteiger partial charge in [-0.15, -0.1) is 0 Å². The fourth-order valence-electron chi connectivity index (χ4n) is 2.08. The summed E-state index contributed by atoms with van der Waals surface area (Å²) < 4.78 is 44.2. The van der Waals surface area contributed by atoms with Crippen molar-refractivity contribution < 1.29 is 27.8 Å². The number of nitrogens with zero attached hydrogens (tertiary/aromatic N) is 2. The number of fused-ring (bicyclic) bond motifs is 1. The maximum atomic E-state index is 13.0. The lowest BCUT2D eigenvalue weighted by molar-refractivity contribution is -0.140. The molecular formula is C13H11F3N2O4. The van der Waals surface area contributed by atoms with Gasteiger partial charge in [0.2, 0.25) is 0 Å². The summed E-state index contributed by atoms with van der Waals surface area (Å²) in [6.45, 7) is 1.44. The number of carbonyl (C=O) groups is 1. The van der Waals surface area contributed by atoms with Crippen molar-refractivity contribution in [2.45, 2.75) is 13.1 Å². The van der Waals surface area contributed by atoms with Gasteiger partial charge in [-0.1, -0.05) is 0 Å². The van der Waals surface area contributed by atoms with Crippen LogP contribution in [-0.4, -0.2) is 27.2 Å². The third kappa shape index (κ3) is 2.38. The van der Waals surface area contributed by atoms with Crippen molar-refractivity contribution in [3.63, 3.8) is 0 Å². The molecule has 0 bridgehead atoms. The maximum Gasteiger partial charge on any atom is 0.435 e. The monoisotopic (exact) mass is 316 g/mol. The Morgan fingerprint density at radius 3 is 2.64 bits per heavy atom. The number of aromatic nitrogens is 2. The fraction of sp³-hybridized carbons (Fsp3) is 0.308. The van der Waals surface area contributed by atoms with Crippen LogP contribution >= 0.6 is 0 Å². The Balaban J connectivity index is 2.94. The Morgan fingerprint density at radius 2 is 2.09 bits per heavy atom. The molecule has 0 aromatic carbocycles. The summed E-state index contributed by atoms with van der Waals surface area (Å²) in [4.78, 5) is 27.1. The molecule has 0 unspecified atom stereocenters. The van der Waals surface area contributed by atoms with Gasteiger partial charge in [0.15, 0.2) is 11.3 Å². The molecule has 0 amide bonds. The molecule has 0 atom stereocenters. The van der Waals surface area contributed by atoms with E-state index in [9.17, 15) is 27.9 Å². The van der Waals surface area contributed by atoms with Crippen molar-refractivity contribution in [2.75, 3.05) is 6.61 Å². The van der Waals surface area contributed by atoms with Crippen molar-refractivity contribution in [3.8, 4) is 5.75 Å². The second-order valence-corrected chi connectivity index (χ2v) is 4.36. The van der Waals surface area contributed by atoms with Gasteiger partial charge < -0.3 is 14.4 Å². The van der Waals surface area contributed by atoms with E-state index in [1.807, 2.05) is 0 Å². The van der Waals surface area contributed by atoms with E-state index in [1.165, 1.54) is 6.92 Å². The Kier molecular flexibility index (Phi) is 3.82. The van der Waals surface area contributed by atoms with Crippen LogP contribution in [0, 0.1) is 0 Å². The van der Waals surface area contributed by atoms with Gasteiger partial charge in [-0.3, -0.25) is 4.79 Å². The molecule has 0 fully saturated rings. The standard InChI is InChI=1S/C13H11F3N2O4/c1-3-22-12(21)7-9(19)6-4-5-17-10(13(14,15)16)8(6)18(2)11(7)20/h4-5,19H,3H2,1-2H3. The number of ether oxygens (including phenoxy) is 1. The van der Waals surface area contributed by atoms with E-state index >= 15 is 0 Å². The van der Waals surface area contributed by atoms with Crippen LogP contribution in [-0.2, 0) is 18.0 Å². The van der Waals surface area contributed by atoms with E-state index in [0.29, 0.717) is 4.57 Å². The van der Waals surface area contributed by atoms with Gasteiger partial charge in [-0.2, -0.15) is 13.2 Å². The average Bonchev–Trinajstić information content (AvgIpc) is 2.43. The zero-order valence-electron chi connectivity index (χ0n) is 11.6. The third-order valence-electron chi connectivity index (χ3n) is 3.02. The summed E-state index contributed by atoms with van der Waals surface area (Å²) in [6, 6.07) is 1.09. The predicted octanol–water partition coefficient (Wildman–Crippen LogP) is 1.83. The van der Waals surface area contributed by atoms with Crippen molar-refractivity contribution in [2.24, 2.45) is 7.05 Å². The van der Waals surface area contributed by atoms with Gasteiger partial charge in [-0.25, -0.2) is 9.78 Å². The molecule has 2 aromatic heterocycles. The highest BCUT2D eigenvalue weighted by Gasteiger charge is 2.37. The molecule has 9 heteroatoms. The fourth-order valence-corrected chi connectivity index (χ4v) is 2.08. The molecule has 2 heterocycles. The number of aromatic hydroxyl groups is 1. The smallest absolute Gasteiger partial charge is 0.435 e. The van der Waals surface area contributed by atoms with Gasteiger partial charge >= 0.3 is 12.1 Å². The normalized spacial score (nSPS) is 11.7. The van der Waals surface area contributed by atoms with Crippen LogP contribution in [0.4, 0.5) is 13.2 Å². The Morgan fingerprint density at radius 1 is 1.45 bits per heavy atom. The molecule has 0 saturated heterocycles. The summed E-state index contributed by atoms with van der Waals surface area (Å²) in [5, 5.41) is 9.72. The first-order valence-electron chi connectivity index (χ1n) is 6.15. The third-order valence-corrected chi connectivity index (χ3v) is 3.02. The molecule has 118 valence electrons. The molecule has 1 N–H and O–H groups in total. The first kappa shape index (κ1) is 15.8. The Hall–Kier alpha value is -2.58. The second-order valence-electron chi connectivity index (χ2n) is 4.36. The zero-order chi connectivity index (χ0) is 16.7. The zero-order valence-corrected chi connectivity index (χ0v) is 11.6. The number of rotatable bonds is 2. The van der Waals surface area contributed by atoms with E-state index in [4.69, 9.17) is 0 Å². The quantitative estimate of drug-likeness (QED) is 0.855. The van der Waals surface area contributed by atoms with E-state index in [0.717, 1.165) is 19.3 Å². The van der Waals surface area contributed by atoms with Crippen LogP contribution in [0.3, 0.4) is 0 Å². The number of hydrogen-bond acceptors (Lipinski definition) is 5. The summed E-state index contributed by atoms with van der Waals surface area (Å²) in [7, 11) is 1.06. The minimum absolute atomic E-state index is 0.0520. The molecule has 0 aliphatic heterocycles. The van der Waals surface area contributed by atoms with Crippen molar-refractivity contribution in [1.29, 1.82) is 0 Å². The largest absolute Gasteiger partial charge is 0.506 e. The minimum atomic E-state index is -4.82. The van der Waals surface area contributed by atoms with Gasteiger partial charge in [0.1, 0.15) is 5.75 Å². The van der Waals surface area contributed by atoms with E-state index in [1.54, 1.807) is 0 Å². The van der Waals surface area contributed by atoms with E-state index in [-0.39, 0.29) is 12.0 Å². The highest BCUT2D eigenvalue weighted by atomic mass is 19.4. The topological polar surface area (TPSA) is 81.4 Å². The molecule has 0 spiro atoms. The van der Waals surface area contributed by atoms with Crippen LogP contribution in [0.25, 0.3) is 10.9 Å². The van der Waals surface area contributed by atoms with Crippen LogP contribution in [0.5, 0.6) is 5.75 Å². The first-order chi connectivity index (χ1) is 10.2. The lowest BCUT2D eigenvalue weighted by Crippen LogP contribution is -2.27. The van der Waals surface area contributed by atoms with E-state index < -0.39 is 40.2 Å². The average molecular weight is 316 g/mol. The first-order valence-corrected chi connectivity index (χ1v) is 6.15. The van der Waals surface area contributed by atoms with Gasteiger partial charge in [0.25, 0.3) is 5.56 Å². The van der Waals surface area contributed by atoms with Gasteiger partial charge in [-0.05, 0) is 13.0 Å². The molecule has 0 saturated carbocycles. The number of esters is 1. The highest BCUT2D eigenvalue weighted by Crippen LogP contribution is 2.35. The molecule has 0 radical (unpaired) electrons. The number of carbonyl (C=O) groups excluding carboxylic acids is 1. The number of halogens is 3. The summed E-state index contributed by atoms with van der Waals surface area (Å²) in [6.07, 6.45) is -3.98. The van der Waals surface area contributed by atoms with Crippen LogP contribution in [0.15, 0.2) is 17.1 Å². The van der Waals surface area contributed by atoms with E-state index in [2.05, 4.69) is 9.72 Å². The lowest BCUT2D eigenvalue weighted by Gasteiger charge is -2.15. The number of aryl methyl sites for hydroxylation is 1. The molecular weight excluding hydrogens is 305 g/mol. The molecule has 0 aliphatic carbocycles. The Labute approximate surface area is 121 Å². The Bertz CT molecular complexity index is 812. The SMILES string of the molecule is CCOC(=O)c1c(O)c2ccnc(C(F)(F)F)c2n(C)c1=O. The van der Waals surface area contributed by atoms with Crippen molar-refractivity contribution in [3.05, 3.63) is 33.9 Å².